The maximum absolute atomic E-state index is 13.0. The van der Waals surface area contributed by atoms with Crippen LogP contribution in [0.25, 0.3) is 0 Å². The Kier molecular flexibility index (Phi) is 10.5. The van der Waals surface area contributed by atoms with Crippen molar-refractivity contribution in [1.29, 1.82) is 0 Å². The molecule has 3 aromatic rings. The number of aromatic nitrogens is 2. The van der Waals surface area contributed by atoms with E-state index in [0.717, 1.165) is 10.8 Å². The maximum Gasteiger partial charge on any atom is 0.490 e. The molecule has 1 saturated heterocycles. The number of ketones is 2. The lowest BCUT2D eigenvalue weighted by atomic mass is 9.83. The zero-order valence-electron chi connectivity index (χ0n) is 25.0. The van der Waals surface area contributed by atoms with Gasteiger partial charge in [-0.2, -0.15) is 13.6 Å². The third-order valence-corrected chi connectivity index (χ3v) is 10.9. The molecule has 0 radical (unpaired) electrons. The van der Waals surface area contributed by atoms with E-state index >= 15 is 0 Å². The van der Waals surface area contributed by atoms with Gasteiger partial charge >= 0.3 is 29.2 Å². The molecule has 1 amide bonds. The number of aliphatic hydroxyl groups excluding tert-OH is 1. The van der Waals surface area contributed by atoms with Gasteiger partial charge < -0.3 is 40.5 Å². The van der Waals surface area contributed by atoms with Crippen LogP contribution < -0.4 is 16.7 Å². The van der Waals surface area contributed by atoms with Gasteiger partial charge in [-0.05, 0) is 18.2 Å². The Morgan fingerprint density at radius 1 is 0.980 bits per heavy atom. The number of nitrogen functional groups attached to an aromatic ring is 1. The smallest absolute Gasteiger partial charge is 0.390 e. The fourth-order valence-corrected chi connectivity index (χ4v) is 7.93. The van der Waals surface area contributed by atoms with Crippen molar-refractivity contribution < 1.29 is 70.6 Å². The quantitative estimate of drug-likeness (QED) is 0.0849. The Morgan fingerprint density at radius 2 is 1.62 bits per heavy atom. The molecule has 5 atom stereocenters. The number of aliphatic hydroxyl groups is 1. The van der Waals surface area contributed by atoms with E-state index in [1.54, 1.807) is 18.2 Å². The number of hydrogen-bond acceptors (Lipinski definition) is 14. The van der Waals surface area contributed by atoms with E-state index < -0.39 is 65.9 Å². The van der Waals surface area contributed by atoms with Gasteiger partial charge in [0.25, 0.3) is 5.91 Å². The highest BCUT2D eigenvalue weighted by Crippen LogP contribution is 2.66. The topological polar surface area (TPSA) is 313 Å². The number of nitrogens with zero attached hydrogens (tertiary/aromatic N) is 2. The molecule has 20 nitrogen and oxygen atoms in total. The average Bonchev–Trinajstić information content (AvgIpc) is 3.39. The number of hydrogen-bond donors (Lipinski definition) is 7. The molecule has 2 aromatic carbocycles. The summed E-state index contributed by atoms with van der Waals surface area (Å²) in [6.45, 7) is -1.20. The standard InChI is InChI=1S/C27H25N4O16P3/c28-25-15(4-3-9-29-26(35)14-7-8-18-19(10-14)24(34)17-6-2-1-5-16(17)23(18)33)12-31(27(36)30-25)22-11-20(32)21(45-22)13-44-49(40,41)47-50(42,43)46-48(37,38)39/h1-2,5-8,10,12,20-22,32H,9,11,13H2,(H,29,35)(H,40,41)(H,42,43)(H2,28,30,36)(H2,37,38,39)/t20-,21+,22+/m0/s1. The number of amides is 1. The van der Waals surface area contributed by atoms with Crippen molar-refractivity contribution in [2.24, 2.45) is 0 Å². The zero-order valence-corrected chi connectivity index (χ0v) is 27.7. The molecule has 5 rings (SSSR count). The Bertz CT molecular complexity index is 2170. The average molecular weight is 754 g/mol. The van der Waals surface area contributed by atoms with Crippen LogP contribution in [-0.2, 0) is 31.6 Å². The third-order valence-electron chi connectivity index (χ3n) is 7.06. The van der Waals surface area contributed by atoms with Crippen LogP contribution in [-0.4, -0.2) is 77.1 Å². The van der Waals surface area contributed by atoms with Crippen molar-refractivity contribution in [2.75, 3.05) is 18.9 Å². The first-order valence-corrected chi connectivity index (χ1v) is 18.5. The minimum Gasteiger partial charge on any atom is -0.390 e. The predicted molar refractivity (Wildman–Crippen MR) is 166 cm³/mol. The highest BCUT2D eigenvalue weighted by molar-refractivity contribution is 7.66. The van der Waals surface area contributed by atoms with Gasteiger partial charge in [0.15, 0.2) is 11.6 Å². The van der Waals surface area contributed by atoms with E-state index in [0.29, 0.717) is 0 Å². The monoisotopic (exact) mass is 754 g/mol. The van der Waals surface area contributed by atoms with Gasteiger partial charge in [-0.25, -0.2) is 18.5 Å². The predicted octanol–water partition coefficient (Wildman–Crippen LogP) is 0.374. The van der Waals surface area contributed by atoms with E-state index in [1.165, 1.54) is 24.3 Å². The molecular weight excluding hydrogens is 729 g/mol. The minimum absolute atomic E-state index is 0.00482. The summed E-state index contributed by atoms with van der Waals surface area (Å²) in [5, 5.41) is 12.9. The van der Waals surface area contributed by atoms with Crippen LogP contribution in [0.2, 0.25) is 0 Å². The summed E-state index contributed by atoms with van der Waals surface area (Å²) < 4.78 is 52.4. The highest BCUT2D eigenvalue weighted by Gasteiger charge is 2.43. The van der Waals surface area contributed by atoms with Crippen molar-refractivity contribution in [2.45, 2.75) is 24.9 Å². The third kappa shape index (κ3) is 8.57. The van der Waals surface area contributed by atoms with Gasteiger partial charge in [0.1, 0.15) is 18.1 Å². The van der Waals surface area contributed by atoms with E-state index in [-0.39, 0.29) is 57.9 Å². The van der Waals surface area contributed by atoms with Crippen molar-refractivity contribution in [3.8, 4) is 11.8 Å². The second-order valence-corrected chi connectivity index (χ2v) is 14.9. The van der Waals surface area contributed by atoms with Gasteiger partial charge in [0, 0.05) is 40.4 Å². The van der Waals surface area contributed by atoms with Gasteiger partial charge in [0.05, 0.1) is 24.8 Å². The summed E-state index contributed by atoms with van der Waals surface area (Å²) in [5.41, 5.74) is 5.76. The molecule has 2 unspecified atom stereocenters. The molecule has 0 spiro atoms. The first kappa shape index (κ1) is 37.1. The molecular formula is C27H25N4O16P3. The summed E-state index contributed by atoms with van der Waals surface area (Å²) in [5.74, 6) is 3.64. The number of nitrogens with two attached hydrogens (primary N) is 1. The van der Waals surface area contributed by atoms with Gasteiger partial charge in [-0.1, -0.05) is 36.1 Å². The van der Waals surface area contributed by atoms with Crippen LogP contribution in [0.3, 0.4) is 0 Å². The minimum atomic E-state index is -5.77. The number of rotatable bonds is 10. The number of anilines is 1. The number of carbonyl (C=O) groups excluding carboxylic acids is 3. The highest BCUT2D eigenvalue weighted by atomic mass is 31.3. The number of phosphoric acid groups is 3. The van der Waals surface area contributed by atoms with Crippen LogP contribution in [0.5, 0.6) is 0 Å². The largest absolute Gasteiger partial charge is 0.490 e. The van der Waals surface area contributed by atoms with Crippen LogP contribution in [0.1, 0.15) is 60.4 Å². The number of ether oxygens (including phenoxy) is 1. The normalized spacial score (nSPS) is 20.9. The second-order valence-electron chi connectivity index (χ2n) is 10.5. The van der Waals surface area contributed by atoms with Gasteiger partial charge in [-0.15, -0.1) is 0 Å². The van der Waals surface area contributed by atoms with Crippen LogP contribution in [0.4, 0.5) is 5.82 Å². The number of benzene rings is 2. The molecule has 1 aromatic heterocycles. The number of nitrogens with one attached hydrogen (secondary N) is 1. The van der Waals surface area contributed by atoms with Crippen LogP contribution in [0.15, 0.2) is 53.5 Å². The number of carbonyl (C=O) groups is 3. The number of fused-ring (bicyclic) bond motifs is 2. The molecule has 1 fully saturated rings. The molecule has 50 heavy (non-hydrogen) atoms. The summed E-state index contributed by atoms with van der Waals surface area (Å²) in [6, 6.07) is 10.5. The van der Waals surface area contributed by atoms with Gasteiger partial charge in [0.2, 0.25) is 0 Å². The molecule has 8 N–H and O–H groups in total. The maximum atomic E-state index is 13.0. The Hall–Kier alpha value is -4.18. The van der Waals surface area contributed by atoms with Crippen molar-refractivity contribution >= 4 is 46.8 Å². The lowest BCUT2D eigenvalue weighted by molar-refractivity contribution is -0.0449. The van der Waals surface area contributed by atoms with Crippen molar-refractivity contribution in [3.05, 3.63) is 92.5 Å². The Labute approximate surface area is 280 Å². The van der Waals surface area contributed by atoms with Crippen molar-refractivity contribution in [1.82, 2.24) is 14.9 Å². The Morgan fingerprint density at radius 3 is 2.28 bits per heavy atom. The molecule has 0 bridgehead atoms. The van der Waals surface area contributed by atoms with E-state index in [4.69, 9.17) is 20.3 Å². The zero-order chi connectivity index (χ0) is 36.6. The SMILES string of the molecule is Nc1nc(=O)n([C@H]2C[C@H](O)[C@@H](COP(=O)(O)OP(=O)(O)OP(=O)(O)O)O2)cc1C#CCNC(=O)c1ccc2c(c1)C(=O)c1ccccc1C2=O. The summed E-state index contributed by atoms with van der Waals surface area (Å²) >= 11 is 0. The van der Waals surface area contributed by atoms with Gasteiger partial charge in [-0.3, -0.25) is 23.5 Å². The molecule has 264 valence electrons. The molecule has 2 heterocycles. The lowest BCUT2D eigenvalue weighted by Gasteiger charge is -2.19. The fraction of sp³-hybridized carbons (Fsp3) is 0.222. The molecule has 23 heteroatoms. The van der Waals surface area contributed by atoms with Crippen LogP contribution >= 0.6 is 23.5 Å². The van der Waals surface area contributed by atoms with E-state index in [2.05, 4.69) is 35.3 Å². The summed E-state index contributed by atoms with van der Waals surface area (Å²) in [4.78, 5) is 90.9. The first-order valence-electron chi connectivity index (χ1n) is 13.9. The second kappa shape index (κ2) is 14.2. The van der Waals surface area contributed by atoms with E-state index in [1.807, 2.05) is 0 Å². The lowest BCUT2D eigenvalue weighted by Crippen LogP contribution is -2.29. The van der Waals surface area contributed by atoms with Crippen molar-refractivity contribution in [3.63, 3.8) is 0 Å². The fourth-order valence-electron chi connectivity index (χ4n) is 4.90. The Balaban J connectivity index is 1.21. The summed E-state index contributed by atoms with van der Waals surface area (Å²) in [6.07, 6.45) is -3.25. The first-order chi connectivity index (χ1) is 23.3. The summed E-state index contributed by atoms with van der Waals surface area (Å²) in [7, 11) is -16.9. The molecule has 1 aliphatic heterocycles. The molecule has 2 aliphatic rings. The van der Waals surface area contributed by atoms with Crippen LogP contribution in [0, 0.1) is 11.8 Å². The molecule has 0 saturated carbocycles. The number of phosphoric ester groups is 1. The molecule has 1 aliphatic carbocycles. The van der Waals surface area contributed by atoms with E-state index in [9.17, 15) is 47.8 Å².